The summed E-state index contributed by atoms with van der Waals surface area (Å²) in [4.78, 5) is 76.1. The number of carbonyl (C=O) groups is 5. The van der Waals surface area contributed by atoms with E-state index in [-0.39, 0.29) is 36.3 Å². The monoisotopic (exact) mass is 793 g/mol. The third-order valence-corrected chi connectivity index (χ3v) is 12.3. The number of nitrogens with one attached hydrogen (secondary N) is 3. The molecule has 8 rings (SSSR count). The molecule has 15 nitrogen and oxygen atoms in total. The van der Waals surface area contributed by atoms with Gasteiger partial charge in [-0.1, -0.05) is 11.6 Å². The Morgan fingerprint density at radius 3 is 2.33 bits per heavy atom. The number of fused-ring (bicyclic) bond motifs is 1. The van der Waals surface area contributed by atoms with E-state index in [0.29, 0.717) is 46.4 Å². The van der Waals surface area contributed by atoms with E-state index in [0.717, 1.165) is 74.9 Å². The van der Waals surface area contributed by atoms with Crippen LogP contribution in [0.2, 0.25) is 5.02 Å². The number of anilines is 4. The Kier molecular flexibility index (Phi) is 10.8. The van der Waals surface area contributed by atoms with Gasteiger partial charge in [-0.3, -0.25) is 39.1 Å². The highest BCUT2D eigenvalue weighted by Crippen LogP contribution is 2.33. The van der Waals surface area contributed by atoms with Crippen LogP contribution in [0.25, 0.3) is 0 Å². The molecule has 296 valence electrons. The molecule has 2 aromatic carbocycles. The predicted octanol–water partition coefficient (Wildman–Crippen LogP) is 3.24. The standard InChI is InChI=1S/C41H44ClN9O6/c42-32-19-27(2-1-25(32)21-43)45-33-17-26(18-35(33)52)38(54)46-36-7-4-29(22-44-36)49-11-9-24(10-12-49)23-48-13-15-50(16-14-48)28-3-5-30-31(20-28)41(57)51(40(30)56)34-6-8-37(53)47-39(34)55/h1-5,7,19-20,22,24,26,33-35,45,52H,6,8-18,23H2,(H,44,46,54)(H,47,53,55)/t26-,33-,34?,35+/m1/s1. The van der Waals surface area contributed by atoms with E-state index in [1.54, 1.807) is 36.5 Å². The molecule has 5 aliphatic rings. The molecule has 1 saturated carbocycles. The van der Waals surface area contributed by atoms with Crippen molar-refractivity contribution in [2.24, 2.45) is 11.8 Å². The molecule has 3 saturated heterocycles. The first kappa shape index (κ1) is 38.3. The van der Waals surface area contributed by atoms with Crippen molar-refractivity contribution in [3.63, 3.8) is 0 Å². The van der Waals surface area contributed by atoms with E-state index in [4.69, 9.17) is 16.9 Å². The van der Waals surface area contributed by atoms with Crippen molar-refractivity contribution >= 4 is 64.0 Å². The van der Waals surface area contributed by atoms with Crippen LogP contribution in [-0.4, -0.2) is 113 Å². The lowest BCUT2D eigenvalue weighted by molar-refractivity contribution is -0.136. The summed E-state index contributed by atoms with van der Waals surface area (Å²) in [5.41, 5.74) is 3.52. The molecule has 57 heavy (non-hydrogen) atoms. The van der Waals surface area contributed by atoms with Gasteiger partial charge in [-0.05, 0) is 86.6 Å². The lowest BCUT2D eigenvalue weighted by Gasteiger charge is -2.40. The van der Waals surface area contributed by atoms with Gasteiger partial charge in [0.2, 0.25) is 17.7 Å². The topological polar surface area (TPSA) is 191 Å². The largest absolute Gasteiger partial charge is 0.391 e. The quantitative estimate of drug-likeness (QED) is 0.232. The minimum absolute atomic E-state index is 0.0860. The van der Waals surface area contributed by atoms with Crippen LogP contribution in [0.3, 0.4) is 0 Å². The van der Waals surface area contributed by atoms with Gasteiger partial charge >= 0.3 is 0 Å². The first-order valence-corrected chi connectivity index (χ1v) is 19.9. The number of aliphatic hydroxyl groups is 1. The molecule has 5 heterocycles. The highest BCUT2D eigenvalue weighted by atomic mass is 35.5. The van der Waals surface area contributed by atoms with Crippen molar-refractivity contribution in [3.8, 4) is 6.07 Å². The zero-order valence-corrected chi connectivity index (χ0v) is 32.1. The van der Waals surface area contributed by atoms with Gasteiger partial charge < -0.3 is 25.5 Å². The molecule has 4 aliphatic heterocycles. The molecule has 0 bridgehead atoms. The number of piperazine rings is 1. The van der Waals surface area contributed by atoms with Crippen LogP contribution in [-0.2, 0) is 14.4 Å². The van der Waals surface area contributed by atoms with E-state index in [1.165, 1.54) is 0 Å². The summed E-state index contributed by atoms with van der Waals surface area (Å²) in [6, 6.07) is 14.8. The minimum atomic E-state index is -0.979. The molecule has 0 radical (unpaired) electrons. The SMILES string of the molecule is N#Cc1ccc(N[C@@H]2C[C@@H](C(=O)Nc3ccc(N4CCC(CN5CCN(c6ccc7c(c6)C(=O)N(C6CCC(=O)NC6=O)C7=O)CC5)CC4)cn3)C[C@@H]2O)cc1Cl. The van der Waals surface area contributed by atoms with Crippen LogP contribution >= 0.6 is 11.6 Å². The predicted molar refractivity (Wildman–Crippen MR) is 212 cm³/mol. The number of nitrogens with zero attached hydrogens (tertiary/aromatic N) is 6. The van der Waals surface area contributed by atoms with Crippen molar-refractivity contribution in [2.45, 2.75) is 56.7 Å². The second-order valence-corrected chi connectivity index (χ2v) is 16.0. The van der Waals surface area contributed by atoms with Crippen LogP contribution in [0, 0.1) is 23.2 Å². The Morgan fingerprint density at radius 1 is 0.895 bits per heavy atom. The second kappa shape index (κ2) is 16.1. The Morgan fingerprint density at radius 2 is 1.63 bits per heavy atom. The number of halogens is 1. The van der Waals surface area contributed by atoms with Crippen LogP contribution < -0.4 is 25.8 Å². The fourth-order valence-corrected chi connectivity index (χ4v) is 8.98. The van der Waals surface area contributed by atoms with Crippen molar-refractivity contribution < 1.29 is 29.1 Å². The molecule has 0 spiro atoms. The van der Waals surface area contributed by atoms with E-state index in [9.17, 15) is 29.1 Å². The maximum atomic E-state index is 13.3. The average Bonchev–Trinajstić information content (AvgIpc) is 3.70. The van der Waals surface area contributed by atoms with Crippen molar-refractivity contribution in [3.05, 3.63) is 76.4 Å². The van der Waals surface area contributed by atoms with Gasteiger partial charge in [0, 0.05) is 69.5 Å². The molecular formula is C41H44ClN9O6. The summed E-state index contributed by atoms with van der Waals surface area (Å²) in [7, 11) is 0. The summed E-state index contributed by atoms with van der Waals surface area (Å²) >= 11 is 6.16. The summed E-state index contributed by atoms with van der Waals surface area (Å²) in [6.07, 6.45) is 4.18. The molecule has 5 amide bonds. The number of benzene rings is 2. The van der Waals surface area contributed by atoms with Crippen LogP contribution in [0.1, 0.15) is 64.8 Å². The maximum Gasteiger partial charge on any atom is 0.262 e. The molecule has 16 heteroatoms. The maximum absolute atomic E-state index is 13.3. The van der Waals surface area contributed by atoms with E-state index >= 15 is 0 Å². The second-order valence-electron chi connectivity index (χ2n) is 15.6. The number of aromatic nitrogens is 1. The number of amides is 5. The van der Waals surface area contributed by atoms with Crippen LogP contribution in [0.15, 0.2) is 54.7 Å². The number of nitriles is 1. The Hall–Kier alpha value is -5.56. The fourth-order valence-electron chi connectivity index (χ4n) is 8.75. The summed E-state index contributed by atoms with van der Waals surface area (Å²) in [6.45, 7) is 6.18. The smallest absolute Gasteiger partial charge is 0.262 e. The third-order valence-electron chi connectivity index (χ3n) is 12.0. The van der Waals surface area contributed by atoms with Gasteiger partial charge in [-0.2, -0.15) is 5.26 Å². The molecule has 4 fully saturated rings. The molecule has 1 aromatic heterocycles. The van der Waals surface area contributed by atoms with E-state index in [1.807, 2.05) is 24.3 Å². The molecule has 1 aliphatic carbocycles. The Bertz CT molecular complexity index is 2130. The highest BCUT2D eigenvalue weighted by Gasteiger charge is 2.45. The summed E-state index contributed by atoms with van der Waals surface area (Å²) in [5.74, 6) is -1.54. The molecule has 4 N–H and O–H groups in total. The number of piperidine rings is 2. The van der Waals surface area contributed by atoms with Crippen LogP contribution in [0.4, 0.5) is 22.9 Å². The first-order valence-electron chi connectivity index (χ1n) is 19.5. The minimum Gasteiger partial charge on any atom is -0.391 e. The third kappa shape index (κ3) is 8.03. The number of rotatable bonds is 9. The number of hydrogen-bond acceptors (Lipinski definition) is 12. The lowest BCUT2D eigenvalue weighted by atomic mass is 9.95. The number of hydrogen-bond donors (Lipinski definition) is 4. The Balaban J connectivity index is 0.768. The number of imide groups is 2. The summed E-state index contributed by atoms with van der Waals surface area (Å²) < 4.78 is 0. The van der Waals surface area contributed by atoms with Crippen LogP contribution in [0.5, 0.6) is 0 Å². The normalized spacial score (nSPS) is 24.3. The van der Waals surface area contributed by atoms with Crippen molar-refractivity contribution in [2.75, 3.05) is 66.2 Å². The number of pyridine rings is 1. The molecule has 4 atom stereocenters. The van der Waals surface area contributed by atoms with E-state index in [2.05, 4.69) is 35.6 Å². The first-order chi connectivity index (χ1) is 27.5. The molecule has 1 unspecified atom stereocenters. The molecular weight excluding hydrogens is 750 g/mol. The molecule has 3 aromatic rings. The van der Waals surface area contributed by atoms with Crippen molar-refractivity contribution in [1.82, 2.24) is 20.1 Å². The van der Waals surface area contributed by atoms with Gasteiger partial charge in [0.15, 0.2) is 0 Å². The van der Waals surface area contributed by atoms with E-state index < -0.39 is 35.8 Å². The summed E-state index contributed by atoms with van der Waals surface area (Å²) in [5, 5.41) is 28.5. The van der Waals surface area contributed by atoms with Crippen molar-refractivity contribution in [1.29, 1.82) is 5.26 Å². The fraction of sp³-hybridized carbons (Fsp3) is 0.439. The average molecular weight is 794 g/mol. The van der Waals surface area contributed by atoms with Gasteiger partial charge in [0.05, 0.1) is 45.7 Å². The van der Waals surface area contributed by atoms with Gasteiger partial charge in [-0.25, -0.2) is 4.98 Å². The van der Waals surface area contributed by atoms with Gasteiger partial charge in [0.1, 0.15) is 17.9 Å². The van der Waals surface area contributed by atoms with Gasteiger partial charge in [0.25, 0.3) is 11.8 Å². The number of carbonyl (C=O) groups excluding carboxylic acids is 5. The highest BCUT2D eigenvalue weighted by molar-refractivity contribution is 6.32. The number of aliphatic hydroxyl groups excluding tert-OH is 1. The zero-order chi connectivity index (χ0) is 39.8. The van der Waals surface area contributed by atoms with Gasteiger partial charge in [-0.15, -0.1) is 0 Å². The zero-order valence-electron chi connectivity index (χ0n) is 31.3. The lowest BCUT2D eigenvalue weighted by Crippen LogP contribution is -2.54. The Labute approximate surface area is 334 Å².